The Morgan fingerprint density at radius 1 is 1.16 bits per heavy atom. The standard InChI is InChI=1S/C19H35N5O/c1-3-20-19(22-17-14-15(17)2)21-8-9-23-10-12-24(13-11-23)18(25)16-6-4-5-7-16/h15-17H,3-14H2,1-2H3,(H2,20,21,22). The van der Waals surface area contributed by atoms with Gasteiger partial charge in [0.15, 0.2) is 5.96 Å². The van der Waals surface area contributed by atoms with Crippen molar-refractivity contribution in [3.8, 4) is 0 Å². The number of hydrogen-bond acceptors (Lipinski definition) is 3. The van der Waals surface area contributed by atoms with Crippen molar-refractivity contribution in [2.24, 2.45) is 16.8 Å². The van der Waals surface area contributed by atoms with E-state index in [0.717, 1.165) is 70.5 Å². The molecule has 25 heavy (non-hydrogen) atoms. The average Bonchev–Trinajstić information content (AvgIpc) is 3.09. The number of carbonyl (C=O) groups excluding carboxylic acids is 1. The lowest BCUT2D eigenvalue weighted by Crippen LogP contribution is -2.50. The molecular formula is C19H35N5O. The summed E-state index contributed by atoms with van der Waals surface area (Å²) in [5.74, 6) is 2.45. The van der Waals surface area contributed by atoms with Crippen LogP contribution in [0.25, 0.3) is 0 Å². The lowest BCUT2D eigenvalue weighted by atomic mass is 10.1. The number of aliphatic imine (C=N–C) groups is 1. The molecule has 1 aliphatic heterocycles. The van der Waals surface area contributed by atoms with Gasteiger partial charge in [0.05, 0.1) is 6.54 Å². The summed E-state index contributed by atoms with van der Waals surface area (Å²) in [5.41, 5.74) is 0. The molecule has 0 bridgehead atoms. The van der Waals surface area contributed by atoms with E-state index in [1.165, 1.54) is 19.3 Å². The van der Waals surface area contributed by atoms with Crippen LogP contribution < -0.4 is 10.6 Å². The van der Waals surface area contributed by atoms with Crippen LogP contribution in [0.2, 0.25) is 0 Å². The predicted octanol–water partition coefficient (Wildman–Crippen LogP) is 1.28. The van der Waals surface area contributed by atoms with Crippen LogP contribution in [0.1, 0.15) is 46.0 Å². The van der Waals surface area contributed by atoms with Crippen molar-refractivity contribution >= 4 is 11.9 Å². The smallest absolute Gasteiger partial charge is 0.225 e. The first-order chi connectivity index (χ1) is 12.2. The molecule has 0 aromatic carbocycles. The monoisotopic (exact) mass is 349 g/mol. The van der Waals surface area contributed by atoms with Crippen LogP contribution in [0.3, 0.4) is 0 Å². The third-order valence-electron chi connectivity index (χ3n) is 5.85. The average molecular weight is 350 g/mol. The van der Waals surface area contributed by atoms with Crippen molar-refractivity contribution in [2.45, 2.75) is 52.0 Å². The lowest BCUT2D eigenvalue weighted by molar-refractivity contribution is -0.137. The third-order valence-corrected chi connectivity index (χ3v) is 5.85. The Morgan fingerprint density at radius 2 is 1.84 bits per heavy atom. The van der Waals surface area contributed by atoms with Crippen LogP contribution in [0.4, 0.5) is 0 Å². The maximum atomic E-state index is 12.5. The van der Waals surface area contributed by atoms with Gasteiger partial charge in [-0.25, -0.2) is 0 Å². The molecule has 0 aromatic heterocycles. The van der Waals surface area contributed by atoms with Crippen molar-refractivity contribution in [2.75, 3.05) is 45.8 Å². The van der Waals surface area contributed by atoms with Gasteiger partial charge >= 0.3 is 0 Å². The van der Waals surface area contributed by atoms with E-state index in [1.807, 2.05) is 0 Å². The topological polar surface area (TPSA) is 60.0 Å². The molecule has 0 radical (unpaired) electrons. The predicted molar refractivity (Wildman–Crippen MR) is 102 cm³/mol. The van der Waals surface area contributed by atoms with Gasteiger partial charge in [0.25, 0.3) is 0 Å². The molecule has 6 nitrogen and oxygen atoms in total. The number of hydrogen-bond donors (Lipinski definition) is 2. The molecule has 0 aromatic rings. The second-order valence-electron chi connectivity index (χ2n) is 7.87. The summed E-state index contributed by atoms with van der Waals surface area (Å²) in [4.78, 5) is 21.7. The van der Waals surface area contributed by atoms with Gasteiger partial charge in [0, 0.05) is 51.2 Å². The summed E-state index contributed by atoms with van der Waals surface area (Å²) in [6.45, 7) is 10.8. The Balaban J connectivity index is 1.36. The first-order valence-electron chi connectivity index (χ1n) is 10.2. The molecule has 3 aliphatic rings. The molecule has 2 aliphatic carbocycles. The van der Waals surface area contributed by atoms with Gasteiger partial charge in [-0.1, -0.05) is 19.8 Å². The van der Waals surface area contributed by atoms with Gasteiger partial charge in [0.1, 0.15) is 0 Å². The van der Waals surface area contributed by atoms with Crippen molar-refractivity contribution < 1.29 is 4.79 Å². The van der Waals surface area contributed by atoms with Gasteiger partial charge in [0.2, 0.25) is 5.91 Å². The highest BCUT2D eigenvalue weighted by molar-refractivity contribution is 5.80. The number of rotatable bonds is 6. The summed E-state index contributed by atoms with van der Waals surface area (Å²) in [7, 11) is 0. The molecule has 1 saturated heterocycles. The quantitative estimate of drug-likeness (QED) is 0.560. The molecule has 6 heteroatoms. The number of nitrogens with zero attached hydrogens (tertiary/aromatic N) is 3. The third kappa shape index (κ3) is 5.33. The highest BCUT2D eigenvalue weighted by atomic mass is 16.2. The van der Waals surface area contributed by atoms with Crippen molar-refractivity contribution in [3.05, 3.63) is 0 Å². The van der Waals surface area contributed by atoms with Crippen LogP contribution in [0, 0.1) is 11.8 Å². The molecule has 142 valence electrons. The molecule has 2 atom stereocenters. The Kier molecular flexibility index (Phi) is 6.57. The lowest BCUT2D eigenvalue weighted by Gasteiger charge is -2.35. The molecule has 3 rings (SSSR count). The zero-order chi connectivity index (χ0) is 17.6. The fourth-order valence-corrected chi connectivity index (χ4v) is 3.94. The first-order valence-corrected chi connectivity index (χ1v) is 10.2. The molecule has 2 saturated carbocycles. The largest absolute Gasteiger partial charge is 0.357 e. The van der Waals surface area contributed by atoms with E-state index in [9.17, 15) is 4.79 Å². The van der Waals surface area contributed by atoms with Crippen LogP contribution in [-0.4, -0.2) is 73.5 Å². The summed E-state index contributed by atoms with van der Waals surface area (Å²) in [6, 6.07) is 0.600. The molecule has 3 fully saturated rings. The van der Waals surface area contributed by atoms with E-state index in [0.29, 0.717) is 17.9 Å². The molecule has 1 amide bonds. The Labute approximate surface area is 152 Å². The summed E-state index contributed by atoms with van der Waals surface area (Å²) in [6.07, 6.45) is 5.93. The van der Waals surface area contributed by atoms with Crippen LogP contribution >= 0.6 is 0 Å². The van der Waals surface area contributed by atoms with E-state index in [4.69, 9.17) is 4.99 Å². The Hall–Kier alpha value is -1.30. The van der Waals surface area contributed by atoms with Gasteiger partial charge < -0.3 is 15.5 Å². The van der Waals surface area contributed by atoms with Gasteiger partial charge in [-0.15, -0.1) is 0 Å². The number of nitrogens with one attached hydrogen (secondary N) is 2. The summed E-state index contributed by atoms with van der Waals surface area (Å²) >= 11 is 0. The SMILES string of the molecule is CCNC(=NCCN1CCN(C(=O)C2CCCC2)CC1)NC1CC1C. The van der Waals surface area contributed by atoms with Crippen LogP contribution in [0.5, 0.6) is 0 Å². The highest BCUT2D eigenvalue weighted by Crippen LogP contribution is 2.28. The van der Waals surface area contributed by atoms with E-state index < -0.39 is 0 Å². The Bertz CT molecular complexity index is 466. The minimum Gasteiger partial charge on any atom is -0.357 e. The zero-order valence-corrected chi connectivity index (χ0v) is 16.0. The molecule has 0 spiro atoms. The summed E-state index contributed by atoms with van der Waals surface area (Å²) in [5, 5.41) is 6.83. The number of piperazine rings is 1. The van der Waals surface area contributed by atoms with E-state index in [-0.39, 0.29) is 0 Å². The zero-order valence-electron chi connectivity index (χ0n) is 16.0. The number of carbonyl (C=O) groups is 1. The second-order valence-corrected chi connectivity index (χ2v) is 7.87. The van der Waals surface area contributed by atoms with Crippen molar-refractivity contribution in [3.63, 3.8) is 0 Å². The fraction of sp³-hybridized carbons (Fsp3) is 0.895. The van der Waals surface area contributed by atoms with E-state index >= 15 is 0 Å². The number of amides is 1. The van der Waals surface area contributed by atoms with E-state index in [2.05, 4.69) is 34.3 Å². The van der Waals surface area contributed by atoms with Crippen LogP contribution in [0.15, 0.2) is 4.99 Å². The highest BCUT2D eigenvalue weighted by Gasteiger charge is 2.33. The van der Waals surface area contributed by atoms with Gasteiger partial charge in [-0.05, 0) is 32.1 Å². The minimum atomic E-state index is 0.315. The second kappa shape index (κ2) is 8.88. The molecule has 2 N–H and O–H groups in total. The first kappa shape index (κ1) is 18.5. The molecular weight excluding hydrogens is 314 g/mol. The van der Waals surface area contributed by atoms with Gasteiger partial charge in [-0.2, -0.15) is 0 Å². The Morgan fingerprint density at radius 3 is 2.44 bits per heavy atom. The number of guanidine groups is 1. The summed E-state index contributed by atoms with van der Waals surface area (Å²) < 4.78 is 0. The minimum absolute atomic E-state index is 0.315. The maximum absolute atomic E-state index is 12.5. The van der Waals surface area contributed by atoms with Crippen molar-refractivity contribution in [1.82, 2.24) is 20.4 Å². The van der Waals surface area contributed by atoms with E-state index in [1.54, 1.807) is 0 Å². The molecule has 1 heterocycles. The van der Waals surface area contributed by atoms with Crippen molar-refractivity contribution in [1.29, 1.82) is 0 Å². The van der Waals surface area contributed by atoms with Gasteiger partial charge in [-0.3, -0.25) is 14.7 Å². The fourth-order valence-electron chi connectivity index (χ4n) is 3.94. The maximum Gasteiger partial charge on any atom is 0.225 e. The van der Waals surface area contributed by atoms with Crippen LogP contribution in [-0.2, 0) is 4.79 Å². The molecule has 2 unspecified atom stereocenters. The normalized spacial score (nSPS) is 28.2.